The van der Waals surface area contributed by atoms with Gasteiger partial charge in [0.2, 0.25) is 0 Å². The molecule has 3 atom stereocenters. The average molecular weight is 512 g/mol. The molecule has 0 bridgehead atoms. The van der Waals surface area contributed by atoms with Crippen LogP contribution >= 0.6 is 0 Å². The van der Waals surface area contributed by atoms with E-state index in [-0.39, 0.29) is 29.9 Å². The summed E-state index contributed by atoms with van der Waals surface area (Å²) in [6, 6.07) is 11.0. The summed E-state index contributed by atoms with van der Waals surface area (Å²) in [6.45, 7) is 3.40. The highest BCUT2D eigenvalue weighted by Gasteiger charge is 2.36. The average Bonchev–Trinajstić information content (AvgIpc) is 3.25. The Morgan fingerprint density at radius 3 is 2.73 bits per heavy atom. The topological polar surface area (TPSA) is 126 Å². The molecule has 2 heterocycles. The first-order valence-corrected chi connectivity index (χ1v) is 12.4. The first-order chi connectivity index (χ1) is 17.8. The zero-order chi connectivity index (χ0) is 26.5. The van der Waals surface area contributed by atoms with Gasteiger partial charge in [0.25, 0.3) is 11.8 Å². The van der Waals surface area contributed by atoms with Crippen molar-refractivity contribution in [2.24, 2.45) is 0 Å². The summed E-state index contributed by atoms with van der Waals surface area (Å²) in [4.78, 5) is 38.3. The van der Waals surface area contributed by atoms with Gasteiger partial charge in [-0.05, 0) is 49.6 Å². The Kier molecular flexibility index (Phi) is 8.17. The van der Waals surface area contributed by atoms with E-state index in [1.807, 2.05) is 31.2 Å². The summed E-state index contributed by atoms with van der Waals surface area (Å²) < 4.78 is 17.2. The Balaban J connectivity index is 1.50. The Morgan fingerprint density at radius 2 is 2.00 bits per heavy atom. The molecule has 2 aliphatic heterocycles. The van der Waals surface area contributed by atoms with Crippen LogP contribution < -0.4 is 20.1 Å². The number of nitrogens with zero attached hydrogens (tertiary/aromatic N) is 1. The molecule has 2 aliphatic rings. The molecule has 1 saturated heterocycles. The maximum atomic E-state index is 13.1. The van der Waals surface area contributed by atoms with E-state index in [9.17, 15) is 19.5 Å². The molecule has 4 rings (SSSR count). The molecule has 10 nitrogen and oxygen atoms in total. The molecule has 3 amide bonds. The number of morpholine rings is 1. The van der Waals surface area contributed by atoms with E-state index in [1.165, 1.54) is 11.9 Å². The van der Waals surface area contributed by atoms with Crippen molar-refractivity contribution in [3.63, 3.8) is 0 Å². The lowest BCUT2D eigenvalue weighted by Crippen LogP contribution is -2.45. The van der Waals surface area contributed by atoms with Crippen LogP contribution in [0, 0.1) is 0 Å². The maximum absolute atomic E-state index is 13.1. The fourth-order valence-corrected chi connectivity index (χ4v) is 4.94. The van der Waals surface area contributed by atoms with E-state index in [2.05, 4.69) is 10.6 Å². The molecule has 2 aromatic carbocycles. The second-order valence-electron chi connectivity index (χ2n) is 9.22. The number of carbonyl (C=O) groups is 3. The molecule has 10 heteroatoms. The SMILES string of the molecule is CNC(=O)c1cc(C(=O)NCCCC2CN(C(=O)O)CCO2)cc2c1O[C@H](C)[C@H]2c1cccc(OC)c1. The van der Waals surface area contributed by atoms with Crippen molar-refractivity contribution < 1.29 is 33.7 Å². The summed E-state index contributed by atoms with van der Waals surface area (Å²) >= 11 is 0. The fraction of sp³-hybridized carbons (Fsp3) is 0.444. The molecule has 1 fully saturated rings. The van der Waals surface area contributed by atoms with E-state index in [4.69, 9.17) is 14.2 Å². The maximum Gasteiger partial charge on any atom is 0.407 e. The number of hydrogen-bond acceptors (Lipinski definition) is 6. The van der Waals surface area contributed by atoms with Crippen molar-refractivity contribution >= 4 is 17.9 Å². The number of fused-ring (bicyclic) bond motifs is 1. The Hall–Kier alpha value is -3.79. The fourth-order valence-electron chi connectivity index (χ4n) is 4.94. The van der Waals surface area contributed by atoms with E-state index >= 15 is 0 Å². The van der Waals surface area contributed by atoms with Gasteiger partial charge >= 0.3 is 6.09 Å². The van der Waals surface area contributed by atoms with E-state index in [0.29, 0.717) is 61.7 Å². The van der Waals surface area contributed by atoms with Gasteiger partial charge in [0.05, 0.1) is 31.9 Å². The van der Waals surface area contributed by atoms with Gasteiger partial charge in [-0.2, -0.15) is 0 Å². The van der Waals surface area contributed by atoms with Crippen molar-refractivity contribution in [2.75, 3.05) is 40.4 Å². The van der Waals surface area contributed by atoms with Crippen LogP contribution in [0.15, 0.2) is 36.4 Å². The van der Waals surface area contributed by atoms with Crippen molar-refractivity contribution in [3.05, 3.63) is 58.7 Å². The first-order valence-electron chi connectivity index (χ1n) is 12.4. The van der Waals surface area contributed by atoms with Gasteiger partial charge in [0, 0.05) is 37.2 Å². The van der Waals surface area contributed by atoms with Gasteiger partial charge in [-0.15, -0.1) is 0 Å². The minimum Gasteiger partial charge on any atom is -0.497 e. The van der Waals surface area contributed by atoms with E-state index in [0.717, 1.165) is 11.1 Å². The largest absolute Gasteiger partial charge is 0.497 e. The predicted octanol–water partition coefficient (Wildman–Crippen LogP) is 2.86. The third kappa shape index (κ3) is 5.80. The minimum atomic E-state index is -0.948. The molecule has 0 saturated carbocycles. The normalized spacial score (nSPS) is 20.5. The summed E-state index contributed by atoms with van der Waals surface area (Å²) in [6.07, 6.45) is -0.130. The molecular weight excluding hydrogens is 478 g/mol. The number of amides is 3. The van der Waals surface area contributed by atoms with Crippen molar-refractivity contribution in [1.29, 1.82) is 0 Å². The molecular formula is C27H33N3O7. The van der Waals surface area contributed by atoms with Crippen LogP contribution in [0.1, 0.15) is 57.5 Å². The number of benzene rings is 2. The van der Waals surface area contributed by atoms with E-state index in [1.54, 1.807) is 19.2 Å². The number of methoxy groups -OCH3 is 1. The number of rotatable bonds is 8. The second kappa shape index (κ2) is 11.5. The number of carboxylic acid groups (broad SMARTS) is 1. The van der Waals surface area contributed by atoms with Crippen LogP contribution in [0.2, 0.25) is 0 Å². The number of carbonyl (C=O) groups excluding carboxylic acids is 2. The Bertz CT molecular complexity index is 1170. The molecule has 1 unspecified atom stereocenters. The van der Waals surface area contributed by atoms with Crippen molar-refractivity contribution in [1.82, 2.24) is 15.5 Å². The van der Waals surface area contributed by atoms with Crippen LogP contribution in [0.4, 0.5) is 4.79 Å². The molecule has 37 heavy (non-hydrogen) atoms. The highest BCUT2D eigenvalue weighted by Crippen LogP contribution is 2.45. The van der Waals surface area contributed by atoms with Crippen LogP contribution in [-0.2, 0) is 4.74 Å². The summed E-state index contributed by atoms with van der Waals surface area (Å²) in [5, 5.41) is 14.7. The summed E-state index contributed by atoms with van der Waals surface area (Å²) in [5.41, 5.74) is 2.42. The highest BCUT2D eigenvalue weighted by atomic mass is 16.5. The molecule has 0 radical (unpaired) electrons. The van der Waals surface area contributed by atoms with Gasteiger partial charge in [-0.25, -0.2) is 4.79 Å². The molecule has 2 aromatic rings. The monoisotopic (exact) mass is 511 g/mol. The predicted molar refractivity (Wildman–Crippen MR) is 136 cm³/mol. The Labute approximate surface area is 215 Å². The summed E-state index contributed by atoms with van der Waals surface area (Å²) in [7, 11) is 3.15. The Morgan fingerprint density at radius 1 is 1.19 bits per heavy atom. The van der Waals surface area contributed by atoms with Crippen molar-refractivity contribution in [3.8, 4) is 11.5 Å². The lowest BCUT2D eigenvalue weighted by molar-refractivity contribution is -0.0259. The summed E-state index contributed by atoms with van der Waals surface area (Å²) in [5.74, 6) is 0.387. The minimum absolute atomic E-state index is 0.179. The van der Waals surface area contributed by atoms with Crippen LogP contribution in [-0.4, -0.2) is 80.5 Å². The smallest absolute Gasteiger partial charge is 0.407 e. The third-order valence-electron chi connectivity index (χ3n) is 6.81. The quantitative estimate of drug-likeness (QED) is 0.465. The molecule has 0 aromatic heterocycles. The molecule has 3 N–H and O–H groups in total. The lowest BCUT2D eigenvalue weighted by atomic mass is 9.86. The van der Waals surface area contributed by atoms with Gasteiger partial charge in [-0.3, -0.25) is 9.59 Å². The lowest BCUT2D eigenvalue weighted by Gasteiger charge is -2.31. The molecule has 0 aliphatic carbocycles. The molecule has 0 spiro atoms. The number of ether oxygens (including phenoxy) is 3. The van der Waals surface area contributed by atoms with Gasteiger partial charge < -0.3 is 34.9 Å². The van der Waals surface area contributed by atoms with Crippen LogP contribution in [0.3, 0.4) is 0 Å². The number of hydrogen-bond donors (Lipinski definition) is 3. The van der Waals surface area contributed by atoms with E-state index < -0.39 is 6.09 Å². The molecule has 198 valence electrons. The van der Waals surface area contributed by atoms with Gasteiger partial charge in [0.1, 0.15) is 17.6 Å². The highest BCUT2D eigenvalue weighted by molar-refractivity contribution is 6.02. The third-order valence-corrected chi connectivity index (χ3v) is 6.81. The van der Waals surface area contributed by atoms with Gasteiger partial charge in [0.15, 0.2) is 0 Å². The number of nitrogens with one attached hydrogen (secondary N) is 2. The first kappa shape index (κ1) is 26.3. The van der Waals surface area contributed by atoms with Crippen LogP contribution in [0.5, 0.6) is 11.5 Å². The van der Waals surface area contributed by atoms with Crippen LogP contribution in [0.25, 0.3) is 0 Å². The van der Waals surface area contributed by atoms with Gasteiger partial charge in [-0.1, -0.05) is 12.1 Å². The zero-order valence-corrected chi connectivity index (χ0v) is 21.3. The zero-order valence-electron chi connectivity index (χ0n) is 21.3. The second-order valence-corrected chi connectivity index (χ2v) is 9.22. The van der Waals surface area contributed by atoms with Crippen molar-refractivity contribution in [2.45, 2.75) is 37.9 Å². The standard InChI is InChI=1S/C27H33N3O7/c1-16-23(17-6-4-7-19(12-17)35-3)21-13-18(14-22(24(21)37-16)26(32)28-2)25(31)29-9-5-8-20-15-30(27(33)34)10-11-36-20/h4,6-7,12-14,16,20,23H,5,8-11,15H2,1-3H3,(H,28,32)(H,29,31)(H,33,34)/t16-,20?,23+/m1/s1.